The van der Waals surface area contributed by atoms with Gasteiger partial charge in [-0.15, -0.1) is 0 Å². The zero-order valence-electron chi connectivity index (χ0n) is 17.3. The fourth-order valence-corrected chi connectivity index (χ4v) is 3.87. The third-order valence-electron chi connectivity index (χ3n) is 5.47. The maximum absolute atomic E-state index is 14.3. The Kier molecular flexibility index (Phi) is 9.02. The van der Waals surface area contributed by atoms with Crippen LogP contribution in [-0.2, 0) is 4.79 Å². The summed E-state index contributed by atoms with van der Waals surface area (Å²) < 4.78 is 33.7. The Morgan fingerprint density at radius 2 is 2.00 bits per heavy atom. The van der Waals surface area contributed by atoms with Gasteiger partial charge in [0.15, 0.2) is 6.61 Å². The van der Waals surface area contributed by atoms with Gasteiger partial charge in [-0.2, -0.15) is 8.78 Å². The standard InChI is InChI=1S/C24H32F2O3/c1-18-16-23(28)22(13-9-4-3-6-10-19(2)27)21(18)14-15-24(25,26)17-29-20-11-7-5-8-12-20/h4-5,7-9,11-12,14-15,18,21-23,28H,3,6,10,13,16-17H2,1-2H3. The van der Waals surface area contributed by atoms with Crippen molar-refractivity contribution in [2.75, 3.05) is 6.61 Å². The quantitative estimate of drug-likeness (QED) is 0.385. The molecule has 0 radical (unpaired) electrons. The summed E-state index contributed by atoms with van der Waals surface area (Å²) in [6.45, 7) is 2.86. The first-order chi connectivity index (χ1) is 13.8. The van der Waals surface area contributed by atoms with Crippen LogP contribution in [0.4, 0.5) is 8.78 Å². The lowest BCUT2D eigenvalue weighted by Crippen LogP contribution is -2.24. The molecule has 4 atom stereocenters. The van der Waals surface area contributed by atoms with Gasteiger partial charge in [-0.1, -0.05) is 43.4 Å². The van der Waals surface area contributed by atoms with Crippen molar-refractivity contribution in [2.45, 2.75) is 58.0 Å². The number of unbranched alkanes of at least 4 members (excludes halogenated alkanes) is 1. The van der Waals surface area contributed by atoms with E-state index in [9.17, 15) is 18.7 Å². The van der Waals surface area contributed by atoms with Gasteiger partial charge in [0.25, 0.3) is 5.92 Å². The van der Waals surface area contributed by atoms with E-state index in [0.29, 0.717) is 25.0 Å². The van der Waals surface area contributed by atoms with Crippen LogP contribution in [0.15, 0.2) is 54.6 Å². The monoisotopic (exact) mass is 406 g/mol. The molecule has 0 saturated heterocycles. The number of para-hydroxylation sites is 1. The highest BCUT2D eigenvalue weighted by Crippen LogP contribution is 2.40. The Balaban J connectivity index is 1.89. The predicted octanol–water partition coefficient (Wildman–Crippen LogP) is 5.60. The zero-order chi connectivity index (χ0) is 21.3. The molecule has 5 heteroatoms. The van der Waals surface area contributed by atoms with E-state index in [1.54, 1.807) is 43.3 Å². The van der Waals surface area contributed by atoms with Crippen molar-refractivity contribution < 1.29 is 23.4 Å². The van der Waals surface area contributed by atoms with Gasteiger partial charge in [-0.05, 0) is 68.6 Å². The summed E-state index contributed by atoms with van der Waals surface area (Å²) in [5, 5.41) is 10.4. The minimum atomic E-state index is -3.07. The minimum Gasteiger partial charge on any atom is -0.487 e. The number of carbonyl (C=O) groups is 1. The number of aliphatic hydroxyl groups is 1. The number of halogens is 2. The molecule has 0 spiro atoms. The number of hydrogen-bond donors (Lipinski definition) is 1. The van der Waals surface area contributed by atoms with Crippen LogP contribution < -0.4 is 4.74 Å². The van der Waals surface area contributed by atoms with Crippen LogP contribution in [0.3, 0.4) is 0 Å². The van der Waals surface area contributed by atoms with Crippen LogP contribution in [0.5, 0.6) is 5.75 Å². The molecule has 1 aromatic carbocycles. The first-order valence-corrected chi connectivity index (χ1v) is 10.4. The maximum Gasteiger partial charge on any atom is 0.299 e. The van der Waals surface area contributed by atoms with Gasteiger partial charge in [-0.25, -0.2) is 0 Å². The first kappa shape index (κ1) is 23.3. The zero-order valence-corrected chi connectivity index (χ0v) is 17.3. The van der Waals surface area contributed by atoms with E-state index in [1.165, 1.54) is 0 Å². The van der Waals surface area contributed by atoms with E-state index in [1.807, 2.05) is 19.1 Å². The number of Topliss-reactive ketones (excluding diaryl/α,β-unsaturated/α-hetero) is 1. The van der Waals surface area contributed by atoms with Gasteiger partial charge < -0.3 is 14.6 Å². The molecule has 1 saturated carbocycles. The van der Waals surface area contributed by atoms with E-state index in [-0.39, 0.29) is 23.5 Å². The van der Waals surface area contributed by atoms with Crippen LogP contribution in [0.1, 0.15) is 46.0 Å². The van der Waals surface area contributed by atoms with Crippen molar-refractivity contribution in [1.29, 1.82) is 0 Å². The average molecular weight is 407 g/mol. The summed E-state index contributed by atoms with van der Waals surface area (Å²) >= 11 is 0. The van der Waals surface area contributed by atoms with Gasteiger partial charge in [0.05, 0.1) is 6.10 Å². The lowest BCUT2D eigenvalue weighted by molar-refractivity contribution is -0.117. The molecular weight excluding hydrogens is 374 g/mol. The first-order valence-electron chi connectivity index (χ1n) is 10.4. The van der Waals surface area contributed by atoms with Crippen molar-refractivity contribution in [3.05, 3.63) is 54.6 Å². The molecule has 2 rings (SSSR count). The number of benzene rings is 1. The molecule has 1 aliphatic carbocycles. The van der Waals surface area contributed by atoms with Gasteiger partial charge in [0, 0.05) is 6.42 Å². The molecular formula is C24H32F2O3. The molecule has 0 aliphatic heterocycles. The van der Waals surface area contributed by atoms with Gasteiger partial charge in [0.2, 0.25) is 0 Å². The number of alkyl halides is 2. The second-order valence-electron chi connectivity index (χ2n) is 8.04. The van der Waals surface area contributed by atoms with Crippen LogP contribution >= 0.6 is 0 Å². The summed E-state index contributed by atoms with van der Waals surface area (Å²) in [4.78, 5) is 11.0. The third-order valence-corrected chi connectivity index (χ3v) is 5.47. The normalized spacial score (nSPS) is 25.1. The van der Waals surface area contributed by atoms with Crippen LogP contribution in [0.2, 0.25) is 0 Å². The highest BCUT2D eigenvalue weighted by Gasteiger charge is 2.38. The predicted molar refractivity (Wildman–Crippen MR) is 111 cm³/mol. The topological polar surface area (TPSA) is 46.5 Å². The SMILES string of the molecule is CC(=O)CCCC=CCC1C(O)CC(C)C1C=CC(F)(F)COc1ccccc1. The molecule has 160 valence electrons. The summed E-state index contributed by atoms with van der Waals surface area (Å²) in [5.41, 5.74) is 0. The molecule has 29 heavy (non-hydrogen) atoms. The minimum absolute atomic E-state index is 0.0730. The molecule has 0 aromatic heterocycles. The molecule has 3 nitrogen and oxygen atoms in total. The van der Waals surface area contributed by atoms with Gasteiger partial charge >= 0.3 is 0 Å². The van der Waals surface area contributed by atoms with E-state index >= 15 is 0 Å². The van der Waals surface area contributed by atoms with E-state index in [0.717, 1.165) is 18.9 Å². The number of ketones is 1. The smallest absolute Gasteiger partial charge is 0.299 e. The molecule has 0 amide bonds. The number of rotatable bonds is 11. The number of aliphatic hydroxyl groups excluding tert-OH is 1. The lowest BCUT2D eigenvalue weighted by atomic mass is 9.87. The summed E-state index contributed by atoms with van der Waals surface area (Å²) in [6.07, 6.45) is 9.47. The van der Waals surface area contributed by atoms with Crippen LogP contribution in [0.25, 0.3) is 0 Å². The van der Waals surface area contributed by atoms with Crippen molar-refractivity contribution in [2.24, 2.45) is 17.8 Å². The van der Waals surface area contributed by atoms with Crippen LogP contribution in [-0.4, -0.2) is 29.5 Å². The number of hydrogen-bond acceptors (Lipinski definition) is 3. The van der Waals surface area contributed by atoms with Crippen molar-refractivity contribution in [1.82, 2.24) is 0 Å². The number of allylic oxidation sites excluding steroid dienone is 3. The number of ether oxygens (including phenoxy) is 1. The number of carbonyl (C=O) groups excluding carboxylic acids is 1. The Hall–Kier alpha value is -2.01. The maximum atomic E-state index is 14.3. The summed E-state index contributed by atoms with van der Waals surface area (Å²) in [6, 6.07) is 8.57. The Bertz CT molecular complexity index is 685. The molecule has 1 N–H and O–H groups in total. The molecule has 1 aromatic rings. The van der Waals surface area contributed by atoms with Gasteiger partial charge in [0.1, 0.15) is 11.5 Å². The van der Waals surface area contributed by atoms with Gasteiger partial charge in [-0.3, -0.25) is 0 Å². The summed E-state index contributed by atoms with van der Waals surface area (Å²) in [7, 11) is 0. The Morgan fingerprint density at radius 3 is 2.69 bits per heavy atom. The average Bonchev–Trinajstić information content (AvgIpc) is 2.94. The lowest BCUT2D eigenvalue weighted by Gasteiger charge is -2.21. The Labute approximate surface area is 172 Å². The largest absolute Gasteiger partial charge is 0.487 e. The molecule has 1 aliphatic rings. The van der Waals surface area contributed by atoms with E-state index in [4.69, 9.17) is 4.74 Å². The van der Waals surface area contributed by atoms with Crippen LogP contribution in [0, 0.1) is 17.8 Å². The fourth-order valence-electron chi connectivity index (χ4n) is 3.87. The van der Waals surface area contributed by atoms with Crippen molar-refractivity contribution in [3.8, 4) is 5.75 Å². The third kappa shape index (κ3) is 8.09. The molecule has 1 fully saturated rings. The van der Waals surface area contributed by atoms with E-state index < -0.39 is 18.6 Å². The van der Waals surface area contributed by atoms with E-state index in [2.05, 4.69) is 0 Å². The highest BCUT2D eigenvalue weighted by molar-refractivity contribution is 5.75. The Morgan fingerprint density at radius 1 is 1.28 bits per heavy atom. The van der Waals surface area contributed by atoms with Crippen molar-refractivity contribution >= 4 is 5.78 Å². The molecule has 4 unspecified atom stereocenters. The second-order valence-corrected chi connectivity index (χ2v) is 8.04. The highest BCUT2D eigenvalue weighted by atomic mass is 19.3. The fraction of sp³-hybridized carbons (Fsp3) is 0.542. The molecule has 0 heterocycles. The summed E-state index contributed by atoms with van der Waals surface area (Å²) in [5.74, 6) is -2.51. The molecule has 0 bridgehead atoms. The second kappa shape index (κ2) is 11.2. The van der Waals surface area contributed by atoms with Crippen molar-refractivity contribution in [3.63, 3.8) is 0 Å².